The maximum atomic E-state index is 14.0. The summed E-state index contributed by atoms with van der Waals surface area (Å²) in [5.74, 6) is -1.36. The van der Waals surface area contributed by atoms with Crippen LogP contribution in [-0.4, -0.2) is 42.0 Å². The second kappa shape index (κ2) is 9.51. The van der Waals surface area contributed by atoms with Crippen LogP contribution in [0.25, 0.3) is 0 Å². The van der Waals surface area contributed by atoms with Crippen LogP contribution in [0.4, 0.5) is 16.0 Å². The lowest BCUT2D eigenvalue weighted by atomic mass is 10.2. The zero-order valence-corrected chi connectivity index (χ0v) is 17.9. The van der Waals surface area contributed by atoms with Gasteiger partial charge in [-0.05, 0) is 35.7 Å². The minimum Gasteiger partial charge on any atom is -0.494 e. The van der Waals surface area contributed by atoms with Crippen LogP contribution in [0.1, 0.15) is 21.5 Å². The number of carbonyl (C=O) groups excluding carboxylic acids is 2. The van der Waals surface area contributed by atoms with E-state index in [1.165, 1.54) is 31.0 Å². The highest BCUT2D eigenvalue weighted by Crippen LogP contribution is 2.33. The van der Waals surface area contributed by atoms with E-state index in [0.29, 0.717) is 18.1 Å². The van der Waals surface area contributed by atoms with Crippen molar-refractivity contribution in [2.24, 2.45) is 5.73 Å². The molecule has 0 saturated heterocycles. The summed E-state index contributed by atoms with van der Waals surface area (Å²) in [6.07, 6.45) is 2.17. The van der Waals surface area contributed by atoms with E-state index in [9.17, 15) is 14.0 Å². The summed E-state index contributed by atoms with van der Waals surface area (Å²) >= 11 is 0. The molecule has 0 aliphatic carbocycles. The highest BCUT2D eigenvalue weighted by molar-refractivity contribution is 5.98. The molecule has 0 bridgehead atoms. The molecule has 2 aromatic carbocycles. The van der Waals surface area contributed by atoms with Gasteiger partial charge in [0, 0.05) is 18.4 Å². The minimum atomic E-state index is -0.689. The van der Waals surface area contributed by atoms with Crippen LogP contribution in [0.3, 0.4) is 0 Å². The summed E-state index contributed by atoms with van der Waals surface area (Å²) in [5.41, 5.74) is 7.80. The number of aromatic nitrogens is 2. The monoisotopic (exact) mass is 451 g/mol. The Balaban J connectivity index is 1.62. The summed E-state index contributed by atoms with van der Waals surface area (Å²) in [5, 5.41) is 2.40. The fraction of sp³-hybridized carbons (Fsp3) is 0.217. The van der Waals surface area contributed by atoms with Gasteiger partial charge in [-0.15, -0.1) is 0 Å². The molecular formula is C23H22FN5O4. The molecule has 0 unspecified atom stereocenters. The number of methoxy groups -OCH3 is 1. The SMILES string of the molecule is COc1ccc(COc2nc(N3CCc4ccccc43)ncc2C(=O)NCC(N)=O)cc1F. The van der Waals surface area contributed by atoms with Crippen molar-refractivity contribution in [3.05, 3.63) is 71.2 Å². The molecule has 0 spiro atoms. The first-order valence-electron chi connectivity index (χ1n) is 10.2. The minimum absolute atomic E-state index is 0.00239. The number of amides is 2. The van der Waals surface area contributed by atoms with Crippen LogP contribution in [-0.2, 0) is 17.8 Å². The Labute approximate surface area is 189 Å². The van der Waals surface area contributed by atoms with E-state index in [1.54, 1.807) is 6.07 Å². The second-order valence-electron chi connectivity index (χ2n) is 7.33. The molecule has 1 aliphatic rings. The first-order chi connectivity index (χ1) is 16.0. The summed E-state index contributed by atoms with van der Waals surface area (Å²) < 4.78 is 24.8. The third-order valence-corrected chi connectivity index (χ3v) is 5.13. The largest absolute Gasteiger partial charge is 0.494 e. The average Bonchev–Trinajstić information content (AvgIpc) is 3.25. The number of fused-ring (bicyclic) bond motifs is 1. The molecule has 1 aromatic heterocycles. The van der Waals surface area contributed by atoms with Crippen LogP contribution in [0.5, 0.6) is 11.6 Å². The smallest absolute Gasteiger partial charge is 0.258 e. The lowest BCUT2D eigenvalue weighted by molar-refractivity contribution is -0.117. The van der Waals surface area contributed by atoms with Gasteiger partial charge in [-0.3, -0.25) is 9.59 Å². The molecule has 3 aromatic rings. The quantitative estimate of drug-likeness (QED) is 0.538. The van der Waals surface area contributed by atoms with Gasteiger partial charge in [-0.25, -0.2) is 9.37 Å². The Morgan fingerprint density at radius 3 is 2.82 bits per heavy atom. The van der Waals surface area contributed by atoms with E-state index in [0.717, 1.165) is 12.1 Å². The number of nitrogens with zero attached hydrogens (tertiary/aromatic N) is 3. The van der Waals surface area contributed by atoms with Gasteiger partial charge in [-0.2, -0.15) is 4.98 Å². The first kappa shape index (κ1) is 22.0. The van der Waals surface area contributed by atoms with Crippen LogP contribution < -0.4 is 25.4 Å². The van der Waals surface area contributed by atoms with Gasteiger partial charge in [0.2, 0.25) is 17.7 Å². The number of halogens is 1. The summed E-state index contributed by atoms with van der Waals surface area (Å²) in [4.78, 5) is 34.4. The second-order valence-corrected chi connectivity index (χ2v) is 7.33. The van der Waals surface area contributed by atoms with Gasteiger partial charge in [0.25, 0.3) is 5.91 Å². The highest BCUT2D eigenvalue weighted by Gasteiger charge is 2.24. The Hall–Kier alpha value is -4.21. The number of primary amides is 1. The molecule has 170 valence electrons. The summed E-state index contributed by atoms with van der Waals surface area (Å²) in [6, 6.07) is 12.3. The van der Waals surface area contributed by atoms with Crippen molar-refractivity contribution in [1.82, 2.24) is 15.3 Å². The standard InChI is InChI=1S/C23H22FN5O4/c1-32-19-7-6-14(10-17(19)24)13-33-22-16(21(31)26-12-20(25)30)11-27-23(28-22)29-9-8-15-4-2-3-5-18(15)29/h2-7,10-11H,8-9,12-13H2,1H3,(H2,25,30)(H,26,31). The van der Waals surface area contributed by atoms with E-state index in [1.807, 2.05) is 29.2 Å². The molecule has 4 rings (SSSR count). The number of hydrogen-bond acceptors (Lipinski definition) is 7. The molecule has 9 nitrogen and oxygen atoms in total. The average molecular weight is 451 g/mol. The van der Waals surface area contributed by atoms with E-state index < -0.39 is 17.6 Å². The highest BCUT2D eigenvalue weighted by atomic mass is 19.1. The van der Waals surface area contributed by atoms with Crippen molar-refractivity contribution in [1.29, 1.82) is 0 Å². The molecule has 0 fully saturated rings. The van der Waals surface area contributed by atoms with Crippen LogP contribution >= 0.6 is 0 Å². The molecule has 0 atom stereocenters. The number of carbonyl (C=O) groups is 2. The topological polar surface area (TPSA) is 120 Å². The predicted molar refractivity (Wildman–Crippen MR) is 118 cm³/mol. The van der Waals surface area contributed by atoms with Crippen molar-refractivity contribution in [2.75, 3.05) is 25.1 Å². The third-order valence-electron chi connectivity index (χ3n) is 5.13. The number of nitrogens with one attached hydrogen (secondary N) is 1. The van der Waals surface area contributed by atoms with Gasteiger partial charge in [0.05, 0.1) is 13.7 Å². The number of ether oxygens (including phenoxy) is 2. The lowest BCUT2D eigenvalue weighted by Crippen LogP contribution is -2.33. The van der Waals surface area contributed by atoms with Gasteiger partial charge in [0.15, 0.2) is 11.6 Å². The molecule has 10 heteroatoms. The Morgan fingerprint density at radius 2 is 2.06 bits per heavy atom. The van der Waals surface area contributed by atoms with Crippen molar-refractivity contribution < 1.29 is 23.5 Å². The number of rotatable bonds is 8. The number of benzene rings is 2. The molecule has 3 N–H and O–H groups in total. The van der Waals surface area contributed by atoms with Gasteiger partial charge < -0.3 is 25.4 Å². The summed E-state index contributed by atoms with van der Waals surface area (Å²) in [6.45, 7) is 0.281. The van der Waals surface area contributed by atoms with Crippen LogP contribution in [0, 0.1) is 5.82 Å². The third kappa shape index (κ3) is 4.84. The molecule has 2 amide bonds. The van der Waals surface area contributed by atoms with E-state index >= 15 is 0 Å². The Kier molecular flexibility index (Phi) is 6.34. The molecular weight excluding hydrogens is 429 g/mol. The van der Waals surface area contributed by atoms with Crippen LogP contribution in [0.2, 0.25) is 0 Å². The number of hydrogen-bond donors (Lipinski definition) is 2. The van der Waals surface area contributed by atoms with Gasteiger partial charge in [0.1, 0.15) is 12.2 Å². The Morgan fingerprint density at radius 1 is 1.24 bits per heavy atom. The predicted octanol–water partition coefficient (Wildman–Crippen LogP) is 2.11. The number of para-hydroxylation sites is 1. The zero-order valence-electron chi connectivity index (χ0n) is 17.9. The van der Waals surface area contributed by atoms with E-state index in [4.69, 9.17) is 15.2 Å². The van der Waals surface area contributed by atoms with Crippen LogP contribution in [0.15, 0.2) is 48.7 Å². The zero-order chi connectivity index (χ0) is 23.4. The summed E-state index contributed by atoms with van der Waals surface area (Å²) in [7, 11) is 1.38. The Bertz CT molecular complexity index is 1200. The maximum absolute atomic E-state index is 14.0. The fourth-order valence-electron chi connectivity index (χ4n) is 3.51. The maximum Gasteiger partial charge on any atom is 0.258 e. The molecule has 1 aliphatic heterocycles. The van der Waals surface area contributed by atoms with Crippen molar-refractivity contribution in [3.8, 4) is 11.6 Å². The van der Waals surface area contributed by atoms with Gasteiger partial charge >= 0.3 is 0 Å². The number of anilines is 2. The molecule has 33 heavy (non-hydrogen) atoms. The van der Waals surface area contributed by atoms with Crippen molar-refractivity contribution in [2.45, 2.75) is 13.0 Å². The normalized spacial score (nSPS) is 12.2. The molecule has 0 radical (unpaired) electrons. The molecule has 2 heterocycles. The van der Waals surface area contributed by atoms with Crippen molar-refractivity contribution >= 4 is 23.5 Å². The first-order valence-corrected chi connectivity index (χ1v) is 10.2. The molecule has 0 saturated carbocycles. The lowest BCUT2D eigenvalue weighted by Gasteiger charge is -2.19. The van der Waals surface area contributed by atoms with E-state index in [2.05, 4.69) is 15.3 Å². The van der Waals surface area contributed by atoms with E-state index in [-0.39, 0.29) is 30.3 Å². The number of nitrogens with two attached hydrogens (primary N) is 1. The van der Waals surface area contributed by atoms with Gasteiger partial charge in [-0.1, -0.05) is 24.3 Å². The van der Waals surface area contributed by atoms with Crippen molar-refractivity contribution in [3.63, 3.8) is 0 Å². The fourth-order valence-corrected chi connectivity index (χ4v) is 3.51.